The first-order valence-electron chi connectivity index (χ1n) is 7.79. The highest BCUT2D eigenvalue weighted by molar-refractivity contribution is 7.14. The number of thiazole rings is 1. The maximum Gasteiger partial charge on any atom is 0.273 e. The van der Waals surface area contributed by atoms with E-state index in [1.54, 1.807) is 10.3 Å². The van der Waals surface area contributed by atoms with E-state index in [-0.39, 0.29) is 11.9 Å². The van der Waals surface area contributed by atoms with Gasteiger partial charge in [-0.1, -0.05) is 18.2 Å². The summed E-state index contributed by atoms with van der Waals surface area (Å²) in [6, 6.07) is 10.1. The van der Waals surface area contributed by atoms with E-state index in [1.165, 1.54) is 11.3 Å². The van der Waals surface area contributed by atoms with Gasteiger partial charge in [0.15, 0.2) is 5.13 Å². The Balaban J connectivity index is 1.77. The van der Waals surface area contributed by atoms with Crippen LogP contribution in [-0.2, 0) is 0 Å². The lowest BCUT2D eigenvalue weighted by atomic mass is 10.0. The molecule has 1 amide bonds. The molecule has 0 spiro atoms. The molecule has 1 saturated heterocycles. The number of nitrogens with zero attached hydrogens (tertiary/aromatic N) is 3. The van der Waals surface area contributed by atoms with Crippen LogP contribution in [0, 0.1) is 0 Å². The monoisotopic (exact) mass is 331 g/mol. The van der Waals surface area contributed by atoms with Crippen molar-refractivity contribution >= 4 is 28.1 Å². The van der Waals surface area contributed by atoms with Crippen LogP contribution in [-0.4, -0.2) is 46.6 Å². The highest BCUT2D eigenvalue weighted by Crippen LogP contribution is 2.28. The van der Waals surface area contributed by atoms with E-state index in [9.17, 15) is 9.90 Å². The van der Waals surface area contributed by atoms with Crippen molar-refractivity contribution in [3.63, 3.8) is 0 Å². The van der Waals surface area contributed by atoms with E-state index in [0.717, 1.165) is 23.7 Å². The van der Waals surface area contributed by atoms with E-state index in [4.69, 9.17) is 0 Å². The zero-order valence-corrected chi connectivity index (χ0v) is 14.2. The number of hydrogen-bond acceptors (Lipinski definition) is 5. The normalized spacial score (nSPS) is 21.3. The Morgan fingerprint density at radius 2 is 2.09 bits per heavy atom. The minimum atomic E-state index is -0.430. The van der Waals surface area contributed by atoms with E-state index >= 15 is 0 Å². The predicted octanol–water partition coefficient (Wildman–Crippen LogP) is 2.90. The number of benzene rings is 1. The molecule has 0 radical (unpaired) electrons. The third kappa shape index (κ3) is 3.38. The molecule has 0 saturated carbocycles. The van der Waals surface area contributed by atoms with Crippen molar-refractivity contribution in [2.75, 3.05) is 18.5 Å². The molecule has 1 aliphatic rings. The first-order chi connectivity index (χ1) is 11.1. The Hall–Kier alpha value is -1.92. The van der Waals surface area contributed by atoms with Crippen LogP contribution in [0.25, 0.3) is 0 Å². The van der Waals surface area contributed by atoms with Crippen LogP contribution in [0.3, 0.4) is 0 Å². The minimum Gasteiger partial charge on any atom is -0.391 e. The maximum atomic E-state index is 12.7. The molecular formula is C17H21N3O2S. The zero-order valence-electron chi connectivity index (χ0n) is 13.3. The van der Waals surface area contributed by atoms with Crippen molar-refractivity contribution in [1.29, 1.82) is 0 Å². The van der Waals surface area contributed by atoms with Gasteiger partial charge in [0.25, 0.3) is 5.91 Å². The fourth-order valence-electron chi connectivity index (χ4n) is 2.80. The van der Waals surface area contributed by atoms with Gasteiger partial charge in [-0.25, -0.2) is 4.98 Å². The summed E-state index contributed by atoms with van der Waals surface area (Å²) in [7, 11) is 1.94. The summed E-state index contributed by atoms with van der Waals surface area (Å²) in [6.07, 6.45) is 1.15. The molecular weight excluding hydrogens is 310 g/mol. The number of anilines is 2. The van der Waals surface area contributed by atoms with Crippen LogP contribution in [0.2, 0.25) is 0 Å². The van der Waals surface area contributed by atoms with Crippen molar-refractivity contribution in [3.05, 3.63) is 41.4 Å². The first kappa shape index (κ1) is 16.0. The standard InChI is InChI=1S/C17H21N3O2S/c1-12-8-9-14(21)10-20(12)16(22)15-11-23-17(18-15)19(2)13-6-4-3-5-7-13/h3-7,11-12,14,21H,8-10H2,1-2H3/t12-,14-/m1/s1. The Labute approximate surface area is 140 Å². The van der Waals surface area contributed by atoms with E-state index < -0.39 is 6.10 Å². The fraction of sp³-hybridized carbons (Fsp3) is 0.412. The summed E-state index contributed by atoms with van der Waals surface area (Å²) < 4.78 is 0. The van der Waals surface area contributed by atoms with Crippen molar-refractivity contribution in [2.24, 2.45) is 0 Å². The van der Waals surface area contributed by atoms with Crippen LogP contribution in [0.1, 0.15) is 30.3 Å². The number of amides is 1. The smallest absolute Gasteiger partial charge is 0.273 e. The molecule has 3 rings (SSSR count). The van der Waals surface area contributed by atoms with Gasteiger partial charge in [0, 0.05) is 30.7 Å². The second-order valence-corrected chi connectivity index (χ2v) is 6.78. The summed E-state index contributed by atoms with van der Waals surface area (Å²) in [6.45, 7) is 2.41. The largest absolute Gasteiger partial charge is 0.391 e. The second-order valence-electron chi connectivity index (χ2n) is 5.95. The summed E-state index contributed by atoms with van der Waals surface area (Å²) in [5.41, 5.74) is 1.48. The average molecular weight is 331 g/mol. The quantitative estimate of drug-likeness (QED) is 0.939. The van der Waals surface area contributed by atoms with Crippen LogP contribution in [0.5, 0.6) is 0 Å². The predicted molar refractivity (Wildman–Crippen MR) is 92.4 cm³/mol. The number of hydrogen-bond donors (Lipinski definition) is 1. The van der Waals surface area contributed by atoms with Crippen molar-refractivity contribution in [2.45, 2.75) is 31.9 Å². The molecule has 0 unspecified atom stereocenters. The van der Waals surface area contributed by atoms with Gasteiger partial charge in [-0.15, -0.1) is 11.3 Å². The van der Waals surface area contributed by atoms with Gasteiger partial charge in [-0.2, -0.15) is 0 Å². The molecule has 5 nitrogen and oxygen atoms in total. The Morgan fingerprint density at radius 1 is 1.35 bits per heavy atom. The van der Waals surface area contributed by atoms with Crippen LogP contribution in [0.15, 0.2) is 35.7 Å². The molecule has 0 bridgehead atoms. The Morgan fingerprint density at radius 3 is 2.83 bits per heavy atom. The van der Waals surface area contributed by atoms with Crippen molar-refractivity contribution in [1.82, 2.24) is 9.88 Å². The lowest BCUT2D eigenvalue weighted by molar-refractivity contribution is 0.0306. The van der Waals surface area contributed by atoms with E-state index in [0.29, 0.717) is 12.2 Å². The molecule has 122 valence electrons. The lowest BCUT2D eigenvalue weighted by Gasteiger charge is -2.35. The number of β-amino-alcohol motifs (C(OH)–C–C–N with tert-alkyl or cyclic N) is 1. The molecule has 1 aromatic carbocycles. The zero-order chi connectivity index (χ0) is 16.4. The molecule has 2 heterocycles. The van der Waals surface area contributed by atoms with Crippen LogP contribution < -0.4 is 4.90 Å². The first-order valence-corrected chi connectivity index (χ1v) is 8.67. The number of carbonyl (C=O) groups excluding carboxylic acids is 1. The summed E-state index contributed by atoms with van der Waals surface area (Å²) in [5, 5.41) is 12.4. The highest BCUT2D eigenvalue weighted by atomic mass is 32.1. The summed E-state index contributed by atoms with van der Waals surface area (Å²) >= 11 is 1.45. The van der Waals surface area contributed by atoms with Crippen molar-refractivity contribution in [3.8, 4) is 0 Å². The number of carbonyl (C=O) groups is 1. The number of aliphatic hydroxyl groups is 1. The maximum absolute atomic E-state index is 12.7. The van der Waals surface area contributed by atoms with Crippen LogP contribution >= 0.6 is 11.3 Å². The number of para-hydroxylation sites is 1. The summed E-state index contributed by atoms with van der Waals surface area (Å²) in [4.78, 5) is 20.9. The summed E-state index contributed by atoms with van der Waals surface area (Å²) in [5.74, 6) is -0.0970. The van der Waals surface area contributed by atoms with Crippen LogP contribution in [0.4, 0.5) is 10.8 Å². The number of likely N-dealkylation sites (tertiary alicyclic amines) is 1. The van der Waals surface area contributed by atoms with Gasteiger partial charge in [-0.3, -0.25) is 4.79 Å². The molecule has 6 heteroatoms. The Kier molecular flexibility index (Phi) is 4.63. The molecule has 1 N–H and O–H groups in total. The lowest BCUT2D eigenvalue weighted by Crippen LogP contribution is -2.47. The number of aliphatic hydroxyl groups excluding tert-OH is 1. The SMILES string of the molecule is C[C@@H]1CC[C@@H](O)CN1C(=O)c1csc(N(C)c2ccccc2)n1. The average Bonchev–Trinajstić information content (AvgIpc) is 3.06. The molecule has 2 atom stereocenters. The molecule has 2 aromatic rings. The fourth-order valence-corrected chi connectivity index (χ4v) is 3.58. The van der Waals surface area contributed by atoms with E-state index in [1.807, 2.05) is 49.2 Å². The molecule has 0 aliphatic carbocycles. The van der Waals surface area contributed by atoms with Gasteiger partial charge in [-0.05, 0) is 31.9 Å². The highest BCUT2D eigenvalue weighted by Gasteiger charge is 2.30. The number of rotatable bonds is 3. The van der Waals surface area contributed by atoms with Gasteiger partial charge >= 0.3 is 0 Å². The van der Waals surface area contributed by atoms with Gasteiger partial charge in [0.05, 0.1) is 6.10 Å². The van der Waals surface area contributed by atoms with E-state index in [2.05, 4.69) is 4.98 Å². The molecule has 1 aromatic heterocycles. The topological polar surface area (TPSA) is 56.7 Å². The number of piperidine rings is 1. The second kappa shape index (κ2) is 6.68. The molecule has 23 heavy (non-hydrogen) atoms. The Bertz CT molecular complexity index is 673. The minimum absolute atomic E-state index is 0.0970. The van der Waals surface area contributed by atoms with Gasteiger partial charge in [0.2, 0.25) is 0 Å². The van der Waals surface area contributed by atoms with Gasteiger partial charge in [0.1, 0.15) is 5.69 Å². The van der Waals surface area contributed by atoms with Gasteiger partial charge < -0.3 is 14.9 Å². The molecule has 1 fully saturated rings. The third-order valence-electron chi connectivity index (χ3n) is 4.26. The third-order valence-corrected chi connectivity index (χ3v) is 5.18. The van der Waals surface area contributed by atoms with Crippen molar-refractivity contribution < 1.29 is 9.90 Å². The molecule has 1 aliphatic heterocycles. The number of aromatic nitrogens is 1.